The summed E-state index contributed by atoms with van der Waals surface area (Å²) in [5.74, 6) is -4.37. The Morgan fingerprint density at radius 1 is 0.525 bits per heavy atom. The molecule has 0 radical (unpaired) electrons. The van der Waals surface area contributed by atoms with Crippen molar-refractivity contribution in [1.29, 1.82) is 0 Å². The number of rotatable bonds is 28. The molecule has 2 saturated heterocycles. The van der Waals surface area contributed by atoms with E-state index in [0.717, 1.165) is 119 Å². The summed E-state index contributed by atoms with van der Waals surface area (Å²) >= 11 is 0. The van der Waals surface area contributed by atoms with E-state index in [2.05, 4.69) is 42.4 Å². The Labute approximate surface area is 625 Å². The standard InChI is InChI=1S/C40H53FN2O4.C38H49FN2O4.C2H6O2.Li.2H2O.2H2S/c1-10-47-37(46)21-31(33-19-32(17-29(7)39(33)41)38-26(4)12-11-13-27(38)5)20-35(44)34(16-25(2)3)43-22-30(28(6)18-36(43)45)14-15-42-23-40(8,9)24-42;1-23(2)14-32(41-20-28(26(5)16-34(41)43)12-13-40-21-38(7,8)22-40)33(42)18-29(19-35(44)45)31-17-30(15-27(6)37(31)39)36-24(3)10-9-11-25(36)4;1-2-4-3;;;;;/h11-13,17-19,22,25,31,34H,10,14-16,20-21,23-24H2,1-9H3;9-11,15-17,20,23,29,32H,12-14,18-19,21-22H2,1-8H3,(H,44,45);3H,2H2,1H3;;4*1H2/q;;;+1;;;;/p-2/t31-,34?;29-,32?;;;;;;/m00....../s1. The van der Waals surface area contributed by atoms with Gasteiger partial charge in [-0.25, -0.2) is 13.7 Å². The van der Waals surface area contributed by atoms with Gasteiger partial charge in [-0.3, -0.25) is 34.0 Å². The molecule has 2 unspecified atom stereocenters. The fraction of sp³-hybridized carbons (Fsp3) is 0.525. The van der Waals surface area contributed by atoms with Gasteiger partial charge < -0.3 is 39.7 Å². The van der Waals surface area contributed by atoms with Crippen LogP contribution in [0, 0.1) is 89.7 Å². The fourth-order valence-electron chi connectivity index (χ4n) is 14.3. The van der Waals surface area contributed by atoms with Crippen molar-refractivity contribution >= 4 is 50.5 Å². The minimum absolute atomic E-state index is 0. The van der Waals surface area contributed by atoms with Gasteiger partial charge >= 0.3 is 30.8 Å². The second kappa shape index (κ2) is 41.5. The van der Waals surface area contributed by atoms with Crippen LogP contribution in [0.25, 0.3) is 22.3 Å². The van der Waals surface area contributed by atoms with Crippen LogP contribution in [0.4, 0.5) is 8.78 Å². The van der Waals surface area contributed by atoms with Crippen molar-refractivity contribution in [3.05, 3.63) is 184 Å². The molecular weight excluding hydrogens is 1320 g/mol. The molecule has 8 rings (SSSR count). The number of benzene rings is 4. The Morgan fingerprint density at radius 3 is 1.16 bits per heavy atom. The predicted molar refractivity (Wildman–Crippen MR) is 405 cm³/mol. The number of carbonyl (C=O) groups excluding carboxylic acids is 3. The molecule has 0 aliphatic carbocycles. The molecule has 0 saturated carbocycles. The largest absolute Gasteiger partial charge is 1.00 e. The summed E-state index contributed by atoms with van der Waals surface area (Å²) in [4.78, 5) is 88.7. The average Bonchev–Trinajstić information content (AvgIpc) is 0.796. The first-order valence-corrected chi connectivity index (χ1v) is 34.4. The first-order valence-electron chi connectivity index (χ1n) is 34.4. The summed E-state index contributed by atoms with van der Waals surface area (Å²) in [6.45, 7) is 42.3. The van der Waals surface area contributed by atoms with Crippen molar-refractivity contribution < 1.29 is 77.8 Å². The molecule has 101 heavy (non-hydrogen) atoms. The van der Waals surface area contributed by atoms with Gasteiger partial charge in [-0.1, -0.05) is 91.8 Å². The fourth-order valence-corrected chi connectivity index (χ4v) is 14.3. The van der Waals surface area contributed by atoms with Crippen LogP contribution in [0.2, 0.25) is 0 Å². The summed E-state index contributed by atoms with van der Waals surface area (Å²) in [6.07, 6.45) is 5.30. The number of carbonyl (C=O) groups is 4. The number of likely N-dealkylation sites (tertiary alicyclic amines) is 2. The number of aryl methyl sites for hydroxylation is 8. The Bertz CT molecular complexity index is 3810. The number of nitrogens with zero attached hydrogens (tertiary/aromatic N) is 4. The number of carboxylic acids is 1. The predicted octanol–water partition coefficient (Wildman–Crippen LogP) is 13.0. The Morgan fingerprint density at radius 2 is 0.861 bits per heavy atom. The van der Waals surface area contributed by atoms with Crippen molar-refractivity contribution in [2.45, 2.75) is 200 Å². The van der Waals surface area contributed by atoms with E-state index in [4.69, 9.17) is 9.99 Å². The number of aromatic nitrogens is 2. The maximum atomic E-state index is 16.0. The molecule has 4 atom stereocenters. The van der Waals surface area contributed by atoms with E-state index >= 15 is 8.78 Å². The van der Waals surface area contributed by atoms with E-state index in [0.29, 0.717) is 47.0 Å². The molecule has 554 valence electrons. The maximum Gasteiger partial charge on any atom is 1.00 e. The molecule has 2 aliphatic heterocycles. The Hall–Kier alpha value is -6.02. The van der Waals surface area contributed by atoms with Crippen LogP contribution in [-0.2, 0) is 41.6 Å². The van der Waals surface area contributed by atoms with E-state index in [9.17, 15) is 33.9 Å². The van der Waals surface area contributed by atoms with E-state index < -0.39 is 53.9 Å². The summed E-state index contributed by atoms with van der Waals surface area (Å²) in [5, 5.41) is 17.2. The van der Waals surface area contributed by atoms with E-state index in [1.54, 1.807) is 62.6 Å². The monoisotopic (exact) mass is 1430 g/mol. The molecule has 6 aromatic rings. The molecule has 0 amide bonds. The van der Waals surface area contributed by atoms with Crippen LogP contribution in [0.15, 0.2) is 94.8 Å². The Kier molecular flexibility index (Phi) is 38.2. The number of pyridine rings is 2. The third kappa shape index (κ3) is 25.7. The number of hydrogen-bond acceptors (Lipinski definition) is 13. The van der Waals surface area contributed by atoms with Crippen molar-refractivity contribution in [2.24, 2.45) is 22.7 Å². The molecule has 0 bridgehead atoms. The van der Waals surface area contributed by atoms with E-state index in [-0.39, 0.29) is 123 Å². The third-order valence-electron chi connectivity index (χ3n) is 18.7. The quantitative estimate of drug-likeness (QED) is 0.0201. The molecule has 4 heterocycles. The first-order chi connectivity index (χ1) is 45.1. The van der Waals surface area contributed by atoms with Gasteiger partial charge in [0.1, 0.15) is 11.6 Å². The van der Waals surface area contributed by atoms with E-state index in [1.807, 2.05) is 124 Å². The molecule has 4 aromatic carbocycles. The smallest absolute Gasteiger partial charge is 0.870 e. The summed E-state index contributed by atoms with van der Waals surface area (Å²) in [5.41, 5.74) is 13.3. The van der Waals surface area contributed by atoms with Gasteiger partial charge in [0.15, 0.2) is 11.6 Å². The van der Waals surface area contributed by atoms with Gasteiger partial charge in [0.05, 0.1) is 38.1 Å². The van der Waals surface area contributed by atoms with Gasteiger partial charge in [0, 0.05) is 88.5 Å². The van der Waals surface area contributed by atoms with Gasteiger partial charge in [-0.2, -0.15) is 27.0 Å². The second-order valence-corrected chi connectivity index (χ2v) is 29.7. The zero-order chi connectivity index (χ0) is 71.3. The molecule has 2 aromatic heterocycles. The topological polar surface area (TPSA) is 238 Å². The maximum absolute atomic E-state index is 16.0. The molecule has 0 spiro atoms. The minimum Gasteiger partial charge on any atom is -0.870 e. The molecule has 16 nitrogen and oxygen atoms in total. The van der Waals surface area contributed by atoms with Gasteiger partial charge in [0.25, 0.3) is 11.1 Å². The van der Waals surface area contributed by atoms with Gasteiger partial charge in [0.2, 0.25) is 0 Å². The number of Topliss-reactive ketones (excluding diaryl/α,β-unsaturated/α-hetero) is 2. The number of ether oxygens (including phenoxy) is 1. The molecule has 21 heteroatoms. The Balaban J connectivity index is 0.000000916. The van der Waals surface area contributed by atoms with Crippen molar-refractivity contribution in [3.8, 4) is 22.3 Å². The molecular formula is C80H114F2LiN4O12S2-. The van der Waals surface area contributed by atoms with Crippen LogP contribution in [0.1, 0.15) is 198 Å². The average molecular weight is 1430 g/mol. The SMILES string of the molecule is CCOC(=O)C[C@H](CC(=O)C(CC(C)C)n1cc(CCN2CC(C)(C)C2)c(C)cc1=O)c1cc(-c2c(C)cccc2C)cc(C)c1F.CCOO.Cc1cc(=O)n(C(CC(C)C)C(=O)C[C@@H](CC(=O)O)c2cc(-c3c(C)cccc3C)cc(C)c2F)cc1CCN1CC(C)(C)C1.S.S.[Li+].[OH-].[OH-]. The van der Waals surface area contributed by atoms with Gasteiger partial charge in [-0.05, 0) is 231 Å². The third-order valence-corrected chi connectivity index (χ3v) is 18.7. The summed E-state index contributed by atoms with van der Waals surface area (Å²) in [7, 11) is 0. The van der Waals surface area contributed by atoms with Crippen LogP contribution in [0.5, 0.6) is 0 Å². The van der Waals surface area contributed by atoms with Crippen LogP contribution >= 0.6 is 27.0 Å². The summed E-state index contributed by atoms with van der Waals surface area (Å²) in [6, 6.07) is 20.8. The zero-order valence-corrected chi connectivity index (χ0v) is 65.5. The van der Waals surface area contributed by atoms with Crippen LogP contribution < -0.4 is 30.0 Å². The normalized spacial score (nSPS) is 14.7. The van der Waals surface area contributed by atoms with Crippen LogP contribution in [0.3, 0.4) is 0 Å². The van der Waals surface area contributed by atoms with Crippen LogP contribution in [-0.4, -0.2) is 116 Å². The van der Waals surface area contributed by atoms with Crippen molar-refractivity contribution in [3.63, 3.8) is 0 Å². The molecule has 2 fully saturated rings. The second-order valence-electron chi connectivity index (χ2n) is 29.7. The van der Waals surface area contributed by atoms with Crippen molar-refractivity contribution in [2.75, 3.05) is 52.5 Å². The number of ketones is 2. The molecule has 2 aliphatic rings. The number of aliphatic carboxylic acids is 1. The zero-order valence-electron chi connectivity index (χ0n) is 63.5. The number of halogens is 2. The number of carboxylic acid groups (broad SMARTS) is 1. The molecule has 4 N–H and O–H groups in total. The first kappa shape index (κ1) is 93.0. The van der Waals surface area contributed by atoms with Crippen molar-refractivity contribution in [1.82, 2.24) is 18.9 Å². The van der Waals surface area contributed by atoms with Gasteiger partial charge in [-0.15, -0.1) is 0 Å². The minimum atomic E-state index is -1.10. The number of esters is 1. The van der Waals surface area contributed by atoms with E-state index in [1.165, 1.54) is 4.57 Å². The number of hydrogen-bond donors (Lipinski definition) is 2. The summed E-state index contributed by atoms with van der Waals surface area (Å²) < 4.78 is 40.3.